The highest BCUT2D eigenvalue weighted by atomic mass is 32.2. The Labute approximate surface area is 405 Å². The third-order valence-corrected chi connectivity index (χ3v) is 12.0. The molecule has 370 valence electrons. The first-order valence-electron chi connectivity index (χ1n) is 21.9. The molecule has 2 aromatic heterocycles. The molecule has 4 aromatic carbocycles. The van der Waals surface area contributed by atoms with Gasteiger partial charge in [-0.3, -0.25) is 9.59 Å². The Kier molecular flexibility index (Phi) is 15.0. The van der Waals surface area contributed by atoms with E-state index in [1.165, 1.54) is 26.2 Å². The number of carbonyl (C=O) groups is 4. The van der Waals surface area contributed by atoms with Gasteiger partial charge in [-0.05, 0) is 73.5 Å². The summed E-state index contributed by atoms with van der Waals surface area (Å²) in [6.07, 6.45) is 0.878. The number of fused-ring (bicyclic) bond motifs is 2. The van der Waals surface area contributed by atoms with Crippen LogP contribution >= 0.6 is 0 Å². The van der Waals surface area contributed by atoms with Gasteiger partial charge in [-0.15, -0.1) is 0 Å². The van der Waals surface area contributed by atoms with Gasteiger partial charge in [0.05, 0.1) is 24.5 Å². The molecule has 2 aliphatic rings. The molecule has 2 aliphatic heterocycles. The smallest absolute Gasteiger partial charge is 0.328 e. The predicted molar refractivity (Wildman–Crippen MR) is 257 cm³/mol. The van der Waals surface area contributed by atoms with Crippen molar-refractivity contribution in [2.24, 2.45) is 0 Å². The molecule has 0 spiro atoms. The van der Waals surface area contributed by atoms with Crippen LogP contribution in [0.15, 0.2) is 78.0 Å². The third kappa shape index (κ3) is 10.6. The van der Waals surface area contributed by atoms with Crippen molar-refractivity contribution in [1.82, 2.24) is 46.5 Å². The maximum atomic E-state index is 14.8. The lowest BCUT2D eigenvalue weighted by atomic mass is 9.97. The lowest BCUT2D eigenvalue weighted by molar-refractivity contribution is 0.0955. The fraction of sp³-hybridized carbons (Fsp3) is 0.250. The molecule has 0 atom stereocenters. The van der Waals surface area contributed by atoms with Gasteiger partial charge in [0.25, 0.3) is 11.8 Å². The van der Waals surface area contributed by atoms with E-state index in [1.54, 1.807) is 37.3 Å². The van der Waals surface area contributed by atoms with Crippen LogP contribution in [0.5, 0.6) is 0 Å². The van der Waals surface area contributed by atoms with Crippen LogP contribution in [0.2, 0.25) is 0 Å². The first-order chi connectivity index (χ1) is 33.7. The van der Waals surface area contributed by atoms with Gasteiger partial charge in [-0.1, -0.05) is 38.1 Å². The van der Waals surface area contributed by atoms with E-state index in [2.05, 4.69) is 46.9 Å². The van der Waals surface area contributed by atoms with Gasteiger partial charge in [0.15, 0.2) is 11.6 Å². The number of halogens is 4. The van der Waals surface area contributed by atoms with Gasteiger partial charge in [-0.2, -0.15) is 9.97 Å². The molecule has 18 nitrogen and oxygen atoms in total. The number of benzene rings is 4. The maximum absolute atomic E-state index is 14.8. The minimum Gasteiger partial charge on any atom is -0.355 e. The van der Waals surface area contributed by atoms with E-state index in [9.17, 15) is 45.2 Å². The molecule has 6 amide bonds. The minimum atomic E-state index is -4.00. The van der Waals surface area contributed by atoms with Crippen LogP contribution in [0, 0.1) is 37.1 Å². The highest BCUT2D eigenvalue weighted by Gasteiger charge is 2.37. The average Bonchev–Trinajstić information content (AvgIpc) is 3.33. The zero-order chi connectivity index (χ0) is 51.5. The summed E-state index contributed by atoms with van der Waals surface area (Å²) in [5, 5.41) is 16.1. The zero-order valence-electron chi connectivity index (χ0n) is 39.4. The Bertz CT molecular complexity index is 3190. The topological polar surface area (TPSA) is 233 Å². The Hall–Kier alpha value is -8.05. The summed E-state index contributed by atoms with van der Waals surface area (Å²) in [5.74, 6) is -4.58. The van der Waals surface area contributed by atoms with E-state index in [-0.39, 0.29) is 65.4 Å². The number of carbonyl (C=O) groups excluding carboxylic acids is 4. The number of hydrogen-bond donors (Lipinski definition) is 6. The van der Waals surface area contributed by atoms with Gasteiger partial charge < -0.3 is 31.9 Å². The third-order valence-electron chi connectivity index (χ3n) is 11.2. The molecule has 6 N–H and O–H groups in total. The molecule has 0 saturated carbocycles. The Morgan fingerprint density at radius 2 is 1.10 bits per heavy atom. The molecule has 4 heterocycles. The first kappa shape index (κ1) is 50.8. The minimum absolute atomic E-state index is 0.0366. The van der Waals surface area contributed by atoms with E-state index < -0.39 is 61.7 Å². The second-order valence-electron chi connectivity index (χ2n) is 16.5. The van der Waals surface area contributed by atoms with Crippen LogP contribution < -0.4 is 41.7 Å². The molecule has 6 aromatic rings. The van der Waals surface area contributed by atoms with E-state index in [0.29, 0.717) is 51.5 Å². The summed E-state index contributed by atoms with van der Waals surface area (Å²) in [4.78, 5) is 69.2. The number of anilines is 5. The van der Waals surface area contributed by atoms with E-state index in [1.807, 2.05) is 20.8 Å². The van der Waals surface area contributed by atoms with Crippen molar-refractivity contribution in [2.45, 2.75) is 52.0 Å². The van der Waals surface area contributed by atoms with Gasteiger partial charge in [0, 0.05) is 72.9 Å². The molecule has 0 fully saturated rings. The van der Waals surface area contributed by atoms with E-state index in [4.69, 9.17) is 4.98 Å². The number of aromatic nitrogens is 4. The zero-order valence-corrected chi connectivity index (χ0v) is 40.2. The second-order valence-corrected chi connectivity index (χ2v) is 18.4. The van der Waals surface area contributed by atoms with Crippen LogP contribution in [-0.4, -0.2) is 91.7 Å². The molecular weight excluding hydrogens is 949 g/mol. The fourth-order valence-electron chi connectivity index (χ4n) is 7.67. The summed E-state index contributed by atoms with van der Waals surface area (Å²) in [7, 11) is -0.997. The lowest BCUT2D eigenvalue weighted by Crippen LogP contribution is -2.43. The van der Waals surface area contributed by atoms with Crippen molar-refractivity contribution in [3.63, 3.8) is 0 Å². The van der Waals surface area contributed by atoms with Gasteiger partial charge >= 0.3 is 12.1 Å². The summed E-state index contributed by atoms with van der Waals surface area (Å²) < 4.78 is 83.7. The number of rotatable bonds is 12. The summed E-state index contributed by atoms with van der Waals surface area (Å²) in [6, 6.07) is 15.1. The highest BCUT2D eigenvalue weighted by Crippen LogP contribution is 2.41. The molecule has 8 rings (SSSR count). The number of nitrogens with one attached hydrogen (secondary N) is 6. The van der Waals surface area contributed by atoms with Gasteiger partial charge in [-0.25, -0.2) is 55.3 Å². The van der Waals surface area contributed by atoms with Crippen molar-refractivity contribution >= 4 is 62.7 Å². The molecule has 71 heavy (non-hydrogen) atoms. The van der Waals surface area contributed by atoms with Crippen LogP contribution in [0.3, 0.4) is 0 Å². The van der Waals surface area contributed by atoms with Crippen molar-refractivity contribution in [3.05, 3.63) is 129 Å². The maximum Gasteiger partial charge on any atom is 0.328 e. The van der Waals surface area contributed by atoms with Gasteiger partial charge in [0.1, 0.15) is 34.6 Å². The molecule has 0 radical (unpaired) electrons. The molecule has 0 aliphatic carbocycles. The first-order valence-corrected chi connectivity index (χ1v) is 23.8. The Morgan fingerprint density at radius 3 is 1.52 bits per heavy atom. The normalized spacial score (nSPS) is 13.1. The SMILES string of the molecule is CNC(=O)c1ccc(C)c(-c2nc(NCCNC(C)C)nc3c2CNC(=O)N3c2c(F)cccc2F)c1.CNC(=O)c1ccc(C)c(-c2nc(S(C)(=O)=O)nc3c2CNC(=O)N3c2c(F)cccc2F)c1. The molecule has 23 heteroatoms. The number of sulfone groups is 1. The van der Waals surface area contributed by atoms with E-state index >= 15 is 0 Å². The Morgan fingerprint density at radius 1 is 0.662 bits per heavy atom. The fourth-order valence-corrected chi connectivity index (χ4v) is 8.18. The summed E-state index contributed by atoms with van der Waals surface area (Å²) in [5.41, 5.74) is 3.20. The summed E-state index contributed by atoms with van der Waals surface area (Å²) >= 11 is 0. The number of amides is 6. The monoisotopic (exact) mass is 996 g/mol. The predicted octanol–water partition coefficient (Wildman–Crippen LogP) is 6.72. The standard InChI is InChI=1S/C26H29F2N7O2.C22H19F2N5O4S/c1-14(2)30-10-11-31-25-33-21(17-12-16(24(36)29-4)9-8-15(17)3)18-13-32-26(37)35(23(18)34-25)22-19(27)6-5-7-20(22)28;1-11-7-8-12(20(30)25-2)9-13(11)17-14-10-26-22(31)29(18-15(23)5-4-6-16(18)24)19(14)28-21(27-17)34(3,32)33/h5-9,12,14,30H,10-11,13H2,1-4H3,(H,29,36)(H,32,37)(H,31,33,34);4-9H,10H2,1-3H3,(H,25,30)(H,26,31). The molecular formula is C48H48F4N12O6S. The second kappa shape index (κ2) is 20.9. The van der Waals surface area contributed by atoms with Crippen LogP contribution in [0.1, 0.15) is 56.8 Å². The van der Waals surface area contributed by atoms with E-state index in [0.717, 1.165) is 47.1 Å². The van der Waals surface area contributed by atoms with Crippen molar-refractivity contribution < 1.29 is 45.2 Å². The number of nitrogens with zero attached hydrogens (tertiary/aromatic N) is 6. The van der Waals surface area contributed by atoms with Crippen molar-refractivity contribution in [2.75, 3.05) is 48.6 Å². The lowest BCUT2D eigenvalue weighted by Gasteiger charge is -2.31. The summed E-state index contributed by atoms with van der Waals surface area (Å²) in [6.45, 7) is 8.63. The van der Waals surface area contributed by atoms with Crippen molar-refractivity contribution in [1.29, 1.82) is 0 Å². The molecule has 0 bridgehead atoms. The van der Waals surface area contributed by atoms with Crippen LogP contribution in [-0.2, 0) is 22.9 Å². The highest BCUT2D eigenvalue weighted by molar-refractivity contribution is 7.90. The number of aryl methyl sites for hydroxylation is 2. The van der Waals surface area contributed by atoms with Crippen LogP contribution in [0.25, 0.3) is 22.5 Å². The van der Waals surface area contributed by atoms with Crippen LogP contribution in [0.4, 0.5) is 56.1 Å². The average molecular weight is 997 g/mol. The van der Waals surface area contributed by atoms with Gasteiger partial charge in [0.2, 0.25) is 20.9 Å². The number of hydrogen-bond acceptors (Lipinski definition) is 12. The molecule has 0 unspecified atom stereocenters. The quantitative estimate of drug-likeness (QED) is 0.0427. The molecule has 0 saturated heterocycles. The number of para-hydroxylation sites is 2. The Balaban J connectivity index is 0.000000209. The largest absolute Gasteiger partial charge is 0.355 e. The van der Waals surface area contributed by atoms with Crippen molar-refractivity contribution in [3.8, 4) is 22.5 Å². The number of urea groups is 2.